The van der Waals surface area contributed by atoms with Crippen LogP contribution < -0.4 is 4.90 Å². The molecule has 2 rings (SSSR count). The molecule has 0 fully saturated rings. The van der Waals surface area contributed by atoms with Crippen molar-refractivity contribution in [1.82, 2.24) is 14.8 Å². The second kappa shape index (κ2) is 6.55. The number of hydrogen-bond acceptors (Lipinski definition) is 4. The van der Waals surface area contributed by atoms with Gasteiger partial charge in [0.15, 0.2) is 5.15 Å². The van der Waals surface area contributed by atoms with Gasteiger partial charge >= 0.3 is 6.09 Å². The van der Waals surface area contributed by atoms with Crippen molar-refractivity contribution in [3.63, 3.8) is 0 Å². The molecule has 6 radical (unpaired) electrons. The third-order valence-electron chi connectivity index (χ3n) is 2.77. The van der Waals surface area contributed by atoms with E-state index in [4.69, 9.17) is 39.9 Å². The molecule has 0 atom stereocenters. The smallest absolute Gasteiger partial charge is 0.413 e. The summed E-state index contributed by atoms with van der Waals surface area (Å²) >= 11 is 6.14. The molecule has 2 aromatic rings. The van der Waals surface area contributed by atoms with Gasteiger partial charge in [-0.3, -0.25) is 9.88 Å². The van der Waals surface area contributed by atoms with Crippen molar-refractivity contribution in [1.29, 1.82) is 0 Å². The Labute approximate surface area is 149 Å². The SMILES string of the molecule is [B]C([B])([B])N(C(=O)OC(C)(C)C)c1cn(-c2cccnc2)nc1Cl. The number of halogens is 1. The second-order valence-electron chi connectivity index (χ2n) is 6.16. The molecule has 0 aliphatic rings. The van der Waals surface area contributed by atoms with Crippen molar-refractivity contribution < 1.29 is 9.53 Å². The molecular weight excluding hydrogens is 324 g/mol. The Balaban J connectivity index is 2.45. The molecule has 118 valence electrons. The summed E-state index contributed by atoms with van der Waals surface area (Å²) in [5.74, 6) is 0. The van der Waals surface area contributed by atoms with Crippen LogP contribution in [-0.4, -0.2) is 55.2 Å². The molecule has 1 amide bonds. The van der Waals surface area contributed by atoms with Gasteiger partial charge < -0.3 is 4.74 Å². The first kappa shape index (κ1) is 18.5. The quantitative estimate of drug-likeness (QED) is 0.801. The first-order chi connectivity index (χ1) is 11.0. The van der Waals surface area contributed by atoms with Crippen LogP contribution in [0.1, 0.15) is 20.8 Å². The molecule has 6 nitrogen and oxygen atoms in total. The number of amides is 1. The fourth-order valence-electron chi connectivity index (χ4n) is 1.89. The number of hydrogen-bond donors (Lipinski definition) is 0. The highest BCUT2D eigenvalue weighted by Crippen LogP contribution is 2.30. The molecule has 0 saturated heterocycles. The van der Waals surface area contributed by atoms with Crippen molar-refractivity contribution in [3.05, 3.63) is 35.9 Å². The van der Waals surface area contributed by atoms with E-state index in [-0.39, 0.29) is 10.8 Å². The normalized spacial score (nSPS) is 12.0. The number of nitrogens with zero attached hydrogens (tertiary/aromatic N) is 4. The number of rotatable bonds is 3. The summed E-state index contributed by atoms with van der Waals surface area (Å²) in [6, 6.07) is 3.49. The summed E-state index contributed by atoms with van der Waals surface area (Å²) in [5.41, 5.74) is -0.0272. The van der Waals surface area contributed by atoms with Crippen LogP contribution in [0.2, 0.25) is 5.15 Å². The Morgan fingerprint density at radius 1 is 1.33 bits per heavy atom. The minimum Gasteiger partial charge on any atom is -0.443 e. The van der Waals surface area contributed by atoms with Gasteiger partial charge in [0.1, 0.15) is 11.3 Å². The minimum absolute atomic E-state index is 0.0181. The van der Waals surface area contributed by atoms with E-state index in [9.17, 15) is 4.79 Å². The van der Waals surface area contributed by atoms with Gasteiger partial charge in [-0.15, -0.1) is 0 Å². The zero-order valence-corrected chi connectivity index (χ0v) is 14.4. The average Bonchev–Trinajstić information content (AvgIpc) is 2.78. The standard InChI is InChI=1S/C14H14B3ClN4O2/c1-13(2,3)24-12(23)22(14(15,16)17)10-8-21(20-11(10)18)9-5-4-6-19-7-9/h4-8H,1-3H3. The Morgan fingerprint density at radius 3 is 2.50 bits per heavy atom. The summed E-state index contributed by atoms with van der Waals surface area (Å²) in [4.78, 5) is 17.3. The van der Waals surface area contributed by atoms with Gasteiger partial charge in [0.05, 0.1) is 41.6 Å². The van der Waals surface area contributed by atoms with E-state index in [0.29, 0.717) is 5.69 Å². The van der Waals surface area contributed by atoms with Crippen LogP contribution >= 0.6 is 11.6 Å². The molecule has 0 spiro atoms. The van der Waals surface area contributed by atoms with E-state index in [1.54, 1.807) is 45.3 Å². The first-order valence-electron chi connectivity index (χ1n) is 7.04. The van der Waals surface area contributed by atoms with Crippen LogP contribution in [0.4, 0.5) is 10.5 Å². The predicted molar refractivity (Wildman–Crippen MR) is 95.1 cm³/mol. The summed E-state index contributed by atoms with van der Waals surface area (Å²) in [6.07, 6.45) is 3.81. The molecular formula is C14H14B3ClN4O2. The summed E-state index contributed by atoms with van der Waals surface area (Å²) < 4.78 is 6.71. The van der Waals surface area contributed by atoms with Gasteiger partial charge in [0.25, 0.3) is 0 Å². The van der Waals surface area contributed by atoms with Gasteiger partial charge in [-0.25, -0.2) is 9.48 Å². The van der Waals surface area contributed by atoms with Gasteiger partial charge in [0.2, 0.25) is 0 Å². The topological polar surface area (TPSA) is 60.2 Å². The van der Waals surface area contributed by atoms with E-state index < -0.39 is 16.9 Å². The third-order valence-corrected chi connectivity index (χ3v) is 3.04. The number of aromatic nitrogens is 3. The second-order valence-corrected chi connectivity index (χ2v) is 6.52. The highest BCUT2D eigenvalue weighted by atomic mass is 35.5. The lowest BCUT2D eigenvalue weighted by Gasteiger charge is -2.37. The highest BCUT2D eigenvalue weighted by molar-refractivity contribution is 6.62. The van der Waals surface area contributed by atoms with E-state index in [1.807, 2.05) is 0 Å². The van der Waals surface area contributed by atoms with E-state index in [2.05, 4.69) is 10.1 Å². The molecule has 24 heavy (non-hydrogen) atoms. The Kier molecular flexibility index (Phi) is 5.04. The van der Waals surface area contributed by atoms with Crippen molar-refractivity contribution in [2.75, 3.05) is 4.90 Å². The highest BCUT2D eigenvalue weighted by Gasteiger charge is 2.33. The molecule has 0 saturated carbocycles. The molecule has 0 aliphatic heterocycles. The molecule has 0 aliphatic carbocycles. The number of ether oxygens (including phenoxy) is 1. The van der Waals surface area contributed by atoms with Crippen molar-refractivity contribution >= 4 is 46.9 Å². The third kappa shape index (κ3) is 4.35. The summed E-state index contributed by atoms with van der Waals surface area (Å²) in [6.45, 7) is 5.11. The number of anilines is 1. The van der Waals surface area contributed by atoms with Crippen molar-refractivity contribution in [2.45, 2.75) is 31.6 Å². The van der Waals surface area contributed by atoms with E-state index in [0.717, 1.165) is 4.90 Å². The molecule has 0 unspecified atom stereocenters. The molecule has 2 heterocycles. The number of carbonyl (C=O) groups excluding carboxylic acids is 1. The van der Waals surface area contributed by atoms with Gasteiger partial charge in [0, 0.05) is 6.20 Å². The summed E-state index contributed by atoms with van der Waals surface area (Å²) in [5, 5.41) is 2.07. The molecule has 0 bridgehead atoms. The van der Waals surface area contributed by atoms with E-state index in [1.165, 1.54) is 10.9 Å². The van der Waals surface area contributed by atoms with Crippen LogP contribution in [-0.2, 0) is 4.74 Å². The van der Waals surface area contributed by atoms with Crippen LogP contribution in [0.25, 0.3) is 5.69 Å². The van der Waals surface area contributed by atoms with Crippen LogP contribution in [0, 0.1) is 0 Å². The lowest BCUT2D eigenvalue weighted by atomic mass is 9.48. The largest absolute Gasteiger partial charge is 0.443 e. The fraction of sp³-hybridized carbons (Fsp3) is 0.357. The number of pyridine rings is 1. The molecule has 0 aromatic carbocycles. The van der Waals surface area contributed by atoms with Crippen LogP contribution in [0.3, 0.4) is 0 Å². The van der Waals surface area contributed by atoms with Crippen molar-refractivity contribution in [3.8, 4) is 5.69 Å². The predicted octanol–water partition coefficient (Wildman–Crippen LogP) is 1.78. The Morgan fingerprint density at radius 2 is 2.00 bits per heavy atom. The Hall–Kier alpha value is -1.89. The average molecular weight is 338 g/mol. The molecule has 2 aromatic heterocycles. The lowest BCUT2D eigenvalue weighted by Crippen LogP contribution is -2.55. The molecule has 0 N–H and O–H groups in total. The lowest BCUT2D eigenvalue weighted by molar-refractivity contribution is 0.0579. The van der Waals surface area contributed by atoms with Crippen LogP contribution in [0.5, 0.6) is 0 Å². The zero-order valence-electron chi connectivity index (χ0n) is 13.6. The maximum Gasteiger partial charge on any atom is 0.413 e. The maximum absolute atomic E-state index is 12.5. The Bertz CT molecular complexity index is 726. The minimum atomic E-state index is -2.03. The van der Waals surface area contributed by atoms with Gasteiger partial charge in [-0.05, 0) is 32.9 Å². The maximum atomic E-state index is 12.5. The van der Waals surface area contributed by atoms with Gasteiger partial charge in [-0.1, -0.05) is 16.8 Å². The monoisotopic (exact) mass is 338 g/mol. The van der Waals surface area contributed by atoms with Crippen molar-refractivity contribution in [2.24, 2.45) is 0 Å². The fourth-order valence-corrected chi connectivity index (χ4v) is 2.10. The summed E-state index contributed by atoms with van der Waals surface area (Å²) in [7, 11) is 17.2. The van der Waals surface area contributed by atoms with Crippen LogP contribution in [0.15, 0.2) is 30.7 Å². The number of carbonyl (C=O) groups is 1. The first-order valence-corrected chi connectivity index (χ1v) is 7.42. The zero-order chi connectivity index (χ0) is 18.1. The molecule has 10 heteroatoms. The van der Waals surface area contributed by atoms with Gasteiger partial charge in [-0.2, -0.15) is 5.10 Å². The van der Waals surface area contributed by atoms with E-state index >= 15 is 0 Å².